The van der Waals surface area contributed by atoms with Crippen LogP contribution in [0.3, 0.4) is 0 Å². The van der Waals surface area contributed by atoms with Crippen molar-refractivity contribution in [1.82, 2.24) is 0 Å². The predicted molar refractivity (Wildman–Crippen MR) is 58.1 cm³/mol. The first-order valence-corrected chi connectivity index (χ1v) is 5.85. The number of esters is 1. The van der Waals surface area contributed by atoms with Gasteiger partial charge in [0.1, 0.15) is 11.6 Å². The molecule has 0 aromatic heterocycles. The maximum Gasteiger partial charge on any atom is 0.323 e. The van der Waals surface area contributed by atoms with E-state index in [0.29, 0.717) is 5.92 Å². The van der Waals surface area contributed by atoms with Crippen LogP contribution in [0.5, 0.6) is 0 Å². The highest BCUT2D eigenvalue weighted by molar-refractivity contribution is 5.76. The van der Waals surface area contributed by atoms with Crippen LogP contribution in [-0.2, 0) is 9.53 Å². The number of hydrogen-bond acceptors (Lipinski definition) is 3. The maximum absolute atomic E-state index is 11.7. The molecule has 15 heavy (non-hydrogen) atoms. The lowest BCUT2D eigenvalue weighted by molar-refractivity contribution is -0.157. The number of hydrogen-bond donors (Lipinski definition) is 1. The Bertz CT molecular complexity index is 259. The molecule has 0 aliphatic heterocycles. The minimum absolute atomic E-state index is 0.228. The number of carbonyl (C=O) groups excluding carboxylic acids is 1. The fraction of sp³-hybridized carbons (Fsp3) is 0.917. The Morgan fingerprint density at radius 1 is 1.27 bits per heavy atom. The topological polar surface area (TPSA) is 52.3 Å². The predicted octanol–water partition coefficient (Wildman–Crippen LogP) is 1.70. The molecule has 2 aliphatic rings. The van der Waals surface area contributed by atoms with Crippen molar-refractivity contribution in [3.05, 3.63) is 0 Å². The van der Waals surface area contributed by atoms with Crippen LogP contribution in [0.2, 0.25) is 0 Å². The minimum Gasteiger partial charge on any atom is -0.459 e. The number of ether oxygens (including phenoxy) is 1. The van der Waals surface area contributed by atoms with Crippen LogP contribution < -0.4 is 5.73 Å². The Balaban J connectivity index is 1.84. The summed E-state index contributed by atoms with van der Waals surface area (Å²) >= 11 is 0. The van der Waals surface area contributed by atoms with Crippen LogP contribution in [0.1, 0.15) is 40.0 Å². The lowest BCUT2D eigenvalue weighted by atomic mass is 9.95. The molecule has 2 saturated carbocycles. The molecule has 2 N–H and O–H groups in total. The van der Waals surface area contributed by atoms with E-state index < -0.39 is 11.6 Å². The summed E-state index contributed by atoms with van der Waals surface area (Å²) < 4.78 is 5.30. The van der Waals surface area contributed by atoms with Gasteiger partial charge in [0.05, 0.1) is 0 Å². The maximum atomic E-state index is 11.7. The molecule has 0 heterocycles. The largest absolute Gasteiger partial charge is 0.459 e. The summed E-state index contributed by atoms with van der Waals surface area (Å²) in [5.41, 5.74) is 5.52. The van der Waals surface area contributed by atoms with E-state index in [1.807, 2.05) is 20.8 Å². The molecule has 0 saturated heterocycles. The normalized spacial score (nSPS) is 35.9. The van der Waals surface area contributed by atoms with Gasteiger partial charge in [0.15, 0.2) is 0 Å². The average Bonchev–Trinajstić information content (AvgIpc) is 2.69. The Morgan fingerprint density at radius 3 is 2.27 bits per heavy atom. The highest BCUT2D eigenvalue weighted by Gasteiger charge is 2.48. The van der Waals surface area contributed by atoms with Crippen molar-refractivity contribution in [2.24, 2.45) is 23.5 Å². The lowest BCUT2D eigenvalue weighted by Gasteiger charge is -2.25. The van der Waals surface area contributed by atoms with Gasteiger partial charge in [-0.15, -0.1) is 0 Å². The van der Waals surface area contributed by atoms with Crippen molar-refractivity contribution in [3.8, 4) is 0 Å². The summed E-state index contributed by atoms with van der Waals surface area (Å²) in [6.45, 7) is 5.64. The zero-order chi connectivity index (χ0) is 11.2. The van der Waals surface area contributed by atoms with E-state index in [0.717, 1.165) is 24.7 Å². The van der Waals surface area contributed by atoms with E-state index >= 15 is 0 Å². The summed E-state index contributed by atoms with van der Waals surface area (Å²) in [6.07, 6.45) is 3.62. The van der Waals surface area contributed by atoms with E-state index in [1.165, 1.54) is 6.42 Å². The molecule has 0 aromatic carbocycles. The molecule has 2 aliphatic carbocycles. The summed E-state index contributed by atoms with van der Waals surface area (Å²) in [6, 6.07) is -0.406. The van der Waals surface area contributed by atoms with Crippen molar-refractivity contribution in [2.45, 2.75) is 51.7 Å². The van der Waals surface area contributed by atoms with Crippen LogP contribution >= 0.6 is 0 Å². The monoisotopic (exact) mass is 211 g/mol. The van der Waals surface area contributed by atoms with E-state index in [2.05, 4.69) is 0 Å². The number of rotatable bonds is 2. The number of carbonyl (C=O) groups is 1. The number of fused-ring (bicyclic) bond motifs is 1. The van der Waals surface area contributed by atoms with E-state index in [-0.39, 0.29) is 5.97 Å². The molecule has 0 spiro atoms. The first-order valence-electron chi connectivity index (χ1n) is 5.85. The second-order valence-electron chi connectivity index (χ2n) is 6.05. The van der Waals surface area contributed by atoms with E-state index in [9.17, 15) is 4.79 Å². The highest BCUT2D eigenvalue weighted by atomic mass is 16.6. The molecule has 3 atom stereocenters. The Hall–Kier alpha value is -0.570. The summed E-state index contributed by atoms with van der Waals surface area (Å²) in [7, 11) is 0. The zero-order valence-electron chi connectivity index (χ0n) is 9.82. The molecule has 86 valence electrons. The van der Waals surface area contributed by atoms with Crippen molar-refractivity contribution < 1.29 is 9.53 Å². The molecular formula is C12H21NO2. The van der Waals surface area contributed by atoms with Gasteiger partial charge in [-0.1, -0.05) is 0 Å². The van der Waals surface area contributed by atoms with E-state index in [4.69, 9.17) is 10.5 Å². The van der Waals surface area contributed by atoms with Crippen LogP contribution in [0.15, 0.2) is 0 Å². The summed E-state index contributed by atoms with van der Waals surface area (Å²) in [5, 5.41) is 0. The van der Waals surface area contributed by atoms with Gasteiger partial charge in [-0.25, -0.2) is 0 Å². The van der Waals surface area contributed by atoms with Gasteiger partial charge in [-0.3, -0.25) is 4.79 Å². The van der Waals surface area contributed by atoms with Crippen molar-refractivity contribution >= 4 is 5.97 Å². The summed E-state index contributed by atoms with van der Waals surface area (Å²) in [5.74, 6) is 1.87. The second kappa shape index (κ2) is 3.48. The van der Waals surface area contributed by atoms with Crippen molar-refractivity contribution in [1.29, 1.82) is 0 Å². The van der Waals surface area contributed by atoms with Crippen LogP contribution in [-0.4, -0.2) is 17.6 Å². The Labute approximate surface area is 91.4 Å². The molecule has 3 heteroatoms. The zero-order valence-corrected chi connectivity index (χ0v) is 9.82. The molecule has 3 nitrogen and oxygen atoms in total. The second-order valence-corrected chi connectivity index (χ2v) is 6.05. The molecule has 0 aromatic rings. The quantitative estimate of drug-likeness (QED) is 0.707. The number of nitrogens with two attached hydrogens (primary N) is 1. The molecule has 0 amide bonds. The minimum atomic E-state index is -0.420. The molecule has 2 rings (SSSR count). The molecule has 0 bridgehead atoms. The first kappa shape index (κ1) is 10.9. The van der Waals surface area contributed by atoms with Crippen LogP contribution in [0.4, 0.5) is 0 Å². The Morgan fingerprint density at radius 2 is 1.80 bits per heavy atom. The SMILES string of the molecule is CC(C)(C)OC(=O)C(N)C1CC2CC2C1. The fourth-order valence-corrected chi connectivity index (χ4v) is 2.62. The molecular weight excluding hydrogens is 190 g/mol. The van der Waals surface area contributed by atoms with Gasteiger partial charge in [0, 0.05) is 0 Å². The summed E-state index contributed by atoms with van der Waals surface area (Å²) in [4.78, 5) is 11.7. The standard InChI is InChI=1S/C12H21NO2/c1-12(2,3)15-11(14)10(13)9-5-7-4-8(7)6-9/h7-10H,4-6,13H2,1-3H3. The van der Waals surface area contributed by atoms with Gasteiger partial charge in [-0.05, 0) is 57.8 Å². The van der Waals surface area contributed by atoms with Crippen LogP contribution in [0.25, 0.3) is 0 Å². The third-order valence-electron chi connectivity index (χ3n) is 3.47. The van der Waals surface area contributed by atoms with Crippen molar-refractivity contribution in [2.75, 3.05) is 0 Å². The first-order chi connectivity index (χ1) is 6.87. The van der Waals surface area contributed by atoms with E-state index in [1.54, 1.807) is 0 Å². The third-order valence-corrected chi connectivity index (χ3v) is 3.47. The fourth-order valence-electron chi connectivity index (χ4n) is 2.62. The van der Waals surface area contributed by atoms with Crippen molar-refractivity contribution in [3.63, 3.8) is 0 Å². The van der Waals surface area contributed by atoms with Gasteiger partial charge in [0.25, 0.3) is 0 Å². The van der Waals surface area contributed by atoms with Gasteiger partial charge in [0.2, 0.25) is 0 Å². The smallest absolute Gasteiger partial charge is 0.323 e. The lowest BCUT2D eigenvalue weighted by Crippen LogP contribution is -2.42. The van der Waals surface area contributed by atoms with Gasteiger partial charge in [-0.2, -0.15) is 0 Å². The molecule has 0 radical (unpaired) electrons. The van der Waals surface area contributed by atoms with Crippen LogP contribution in [0, 0.1) is 17.8 Å². The average molecular weight is 211 g/mol. The molecule has 3 unspecified atom stereocenters. The highest BCUT2D eigenvalue weighted by Crippen LogP contribution is 2.55. The van der Waals surface area contributed by atoms with Gasteiger partial charge < -0.3 is 10.5 Å². The Kier molecular flexibility index (Phi) is 2.53. The molecule has 2 fully saturated rings. The van der Waals surface area contributed by atoms with Gasteiger partial charge >= 0.3 is 5.97 Å². The third kappa shape index (κ3) is 2.51.